The van der Waals surface area contributed by atoms with Crippen LogP contribution in [-0.4, -0.2) is 23.9 Å². The first-order valence-corrected chi connectivity index (χ1v) is 8.58. The highest BCUT2D eigenvalue weighted by Crippen LogP contribution is 2.30. The van der Waals surface area contributed by atoms with Crippen LogP contribution < -0.4 is 10.9 Å². The summed E-state index contributed by atoms with van der Waals surface area (Å²) in [6.07, 6.45) is 0.988. The largest absolute Gasteiger partial charge is 0.338 e. The number of benzene rings is 1. The average molecular weight is 313 g/mol. The van der Waals surface area contributed by atoms with E-state index in [2.05, 4.69) is 34.4 Å². The molecule has 0 radical (unpaired) electrons. The van der Waals surface area contributed by atoms with Gasteiger partial charge in [0.2, 0.25) is 5.91 Å². The number of hydrogen-bond donors (Lipinski definition) is 2. The van der Waals surface area contributed by atoms with Gasteiger partial charge < -0.3 is 4.90 Å². The monoisotopic (exact) mass is 313 g/mol. The summed E-state index contributed by atoms with van der Waals surface area (Å²) in [5.41, 5.74) is 8.91. The second kappa shape index (κ2) is 5.83. The minimum atomic E-state index is -0.0393. The smallest absolute Gasteiger partial charge is 0.229 e. The highest BCUT2D eigenvalue weighted by atomic mass is 32.1. The van der Waals surface area contributed by atoms with Crippen LogP contribution in [0.25, 0.3) is 0 Å². The molecule has 0 bridgehead atoms. The van der Waals surface area contributed by atoms with Crippen molar-refractivity contribution in [3.8, 4) is 0 Å². The van der Waals surface area contributed by atoms with Crippen LogP contribution in [-0.2, 0) is 17.8 Å². The molecule has 1 saturated heterocycles. The van der Waals surface area contributed by atoms with E-state index in [0.717, 1.165) is 19.5 Å². The van der Waals surface area contributed by atoms with Gasteiger partial charge in [0.25, 0.3) is 0 Å². The second-order valence-corrected chi connectivity index (χ2v) is 6.90. The van der Waals surface area contributed by atoms with Crippen molar-refractivity contribution in [3.05, 3.63) is 57.8 Å². The molecule has 0 spiro atoms. The molecule has 2 unspecified atom stereocenters. The molecule has 0 aliphatic carbocycles. The first-order chi connectivity index (χ1) is 10.8. The number of rotatable bonds is 2. The van der Waals surface area contributed by atoms with Gasteiger partial charge in [-0.1, -0.05) is 30.3 Å². The first-order valence-electron chi connectivity index (χ1n) is 7.70. The molecule has 22 heavy (non-hydrogen) atoms. The topological polar surface area (TPSA) is 44.4 Å². The van der Waals surface area contributed by atoms with Crippen molar-refractivity contribution in [2.24, 2.45) is 5.92 Å². The Kier molecular flexibility index (Phi) is 3.70. The number of hydrazine groups is 1. The third-order valence-corrected chi connectivity index (χ3v) is 5.60. The molecule has 0 saturated carbocycles. The lowest BCUT2D eigenvalue weighted by Gasteiger charge is -2.30. The van der Waals surface area contributed by atoms with Crippen molar-refractivity contribution in [3.63, 3.8) is 0 Å². The maximum Gasteiger partial charge on any atom is 0.229 e. The van der Waals surface area contributed by atoms with Crippen LogP contribution in [0.3, 0.4) is 0 Å². The molecule has 2 aromatic rings. The Morgan fingerprint density at radius 1 is 1.23 bits per heavy atom. The van der Waals surface area contributed by atoms with Gasteiger partial charge in [0, 0.05) is 24.5 Å². The normalized spacial score (nSPS) is 24.3. The molecule has 2 aliphatic rings. The van der Waals surface area contributed by atoms with Crippen molar-refractivity contribution in [1.29, 1.82) is 0 Å². The summed E-state index contributed by atoms with van der Waals surface area (Å²) < 4.78 is 0. The highest BCUT2D eigenvalue weighted by molar-refractivity contribution is 7.10. The van der Waals surface area contributed by atoms with Crippen LogP contribution in [0.5, 0.6) is 0 Å². The molecule has 4 rings (SSSR count). The Hall–Kier alpha value is -1.69. The zero-order valence-corrected chi connectivity index (χ0v) is 13.1. The number of carbonyl (C=O) groups is 1. The van der Waals surface area contributed by atoms with E-state index >= 15 is 0 Å². The number of nitrogens with one attached hydrogen (secondary N) is 2. The van der Waals surface area contributed by atoms with Crippen molar-refractivity contribution < 1.29 is 4.79 Å². The van der Waals surface area contributed by atoms with E-state index in [1.807, 2.05) is 23.1 Å². The quantitative estimate of drug-likeness (QED) is 0.892. The third-order valence-electron chi connectivity index (χ3n) is 4.58. The Bertz CT molecular complexity index is 670. The van der Waals surface area contributed by atoms with Gasteiger partial charge in [-0.2, -0.15) is 0 Å². The minimum absolute atomic E-state index is 0.0393. The lowest BCUT2D eigenvalue weighted by Crippen LogP contribution is -2.41. The number of nitrogens with zero attached hydrogens (tertiary/aromatic N) is 1. The van der Waals surface area contributed by atoms with Gasteiger partial charge >= 0.3 is 0 Å². The predicted octanol–water partition coefficient (Wildman–Crippen LogP) is 2.10. The van der Waals surface area contributed by atoms with Crippen LogP contribution in [0.2, 0.25) is 0 Å². The van der Waals surface area contributed by atoms with E-state index in [1.165, 1.54) is 16.0 Å². The van der Waals surface area contributed by atoms with Crippen LogP contribution in [0, 0.1) is 5.92 Å². The standard InChI is InChI=1S/C17H19N3OS/c21-17(20-8-6-15-13(11-20)7-9-22-15)14-10-18-19-16(14)12-4-2-1-3-5-12/h1-5,7,9,14,16,18-19H,6,8,10-11H2. The Morgan fingerprint density at radius 2 is 2.09 bits per heavy atom. The van der Waals surface area contributed by atoms with E-state index in [1.54, 1.807) is 11.3 Å². The van der Waals surface area contributed by atoms with E-state index in [0.29, 0.717) is 6.54 Å². The van der Waals surface area contributed by atoms with Gasteiger partial charge in [-0.3, -0.25) is 10.2 Å². The number of thiophene rings is 1. The Morgan fingerprint density at radius 3 is 2.95 bits per heavy atom. The molecular weight excluding hydrogens is 294 g/mol. The molecule has 114 valence electrons. The number of amides is 1. The van der Waals surface area contributed by atoms with Gasteiger partial charge in [0.1, 0.15) is 0 Å². The average Bonchev–Trinajstić information content (AvgIpc) is 3.23. The minimum Gasteiger partial charge on any atom is -0.338 e. The molecule has 2 aliphatic heterocycles. The van der Waals surface area contributed by atoms with Crippen molar-refractivity contribution in [2.75, 3.05) is 13.1 Å². The molecule has 4 nitrogen and oxygen atoms in total. The van der Waals surface area contributed by atoms with E-state index < -0.39 is 0 Å². The summed E-state index contributed by atoms with van der Waals surface area (Å²) in [6, 6.07) is 12.4. The zero-order chi connectivity index (χ0) is 14.9. The Labute approximate surface area is 134 Å². The molecule has 2 N–H and O–H groups in total. The van der Waals surface area contributed by atoms with Crippen LogP contribution in [0.1, 0.15) is 22.0 Å². The number of hydrogen-bond acceptors (Lipinski definition) is 4. The van der Waals surface area contributed by atoms with Crippen molar-refractivity contribution in [1.82, 2.24) is 15.8 Å². The van der Waals surface area contributed by atoms with Crippen molar-refractivity contribution >= 4 is 17.2 Å². The van der Waals surface area contributed by atoms with Crippen LogP contribution in [0.15, 0.2) is 41.8 Å². The first kappa shape index (κ1) is 13.9. The molecule has 1 fully saturated rings. The molecule has 1 aromatic carbocycles. The maximum absolute atomic E-state index is 13.0. The lowest BCUT2D eigenvalue weighted by atomic mass is 9.93. The van der Waals surface area contributed by atoms with Crippen LogP contribution in [0.4, 0.5) is 0 Å². The summed E-state index contributed by atoms with van der Waals surface area (Å²) in [4.78, 5) is 16.4. The number of fused-ring (bicyclic) bond motifs is 1. The van der Waals surface area contributed by atoms with Crippen LogP contribution >= 0.6 is 11.3 Å². The van der Waals surface area contributed by atoms with Gasteiger partial charge in [0.15, 0.2) is 0 Å². The summed E-state index contributed by atoms with van der Waals surface area (Å²) in [5, 5.41) is 2.13. The van der Waals surface area contributed by atoms with E-state index in [9.17, 15) is 4.79 Å². The number of carbonyl (C=O) groups excluding carboxylic acids is 1. The fourth-order valence-electron chi connectivity index (χ4n) is 3.37. The van der Waals surface area contributed by atoms with Gasteiger partial charge in [0.05, 0.1) is 12.0 Å². The molecular formula is C17H19N3OS. The summed E-state index contributed by atoms with van der Waals surface area (Å²) in [7, 11) is 0. The molecule has 1 aromatic heterocycles. The fraction of sp³-hybridized carbons (Fsp3) is 0.353. The summed E-state index contributed by atoms with van der Waals surface area (Å²) in [6.45, 7) is 2.28. The fourth-order valence-corrected chi connectivity index (χ4v) is 4.26. The summed E-state index contributed by atoms with van der Waals surface area (Å²) in [5.74, 6) is 0.214. The zero-order valence-electron chi connectivity index (χ0n) is 12.3. The lowest BCUT2D eigenvalue weighted by molar-refractivity contribution is -0.136. The highest BCUT2D eigenvalue weighted by Gasteiger charge is 2.37. The predicted molar refractivity (Wildman–Crippen MR) is 87.3 cm³/mol. The molecule has 5 heteroatoms. The second-order valence-electron chi connectivity index (χ2n) is 5.90. The van der Waals surface area contributed by atoms with E-state index in [-0.39, 0.29) is 17.9 Å². The van der Waals surface area contributed by atoms with Gasteiger partial charge in [-0.05, 0) is 29.0 Å². The third kappa shape index (κ3) is 2.45. The van der Waals surface area contributed by atoms with Gasteiger partial charge in [-0.25, -0.2) is 5.43 Å². The SMILES string of the molecule is O=C(C1CNNC1c1ccccc1)N1CCc2sccc2C1. The molecule has 2 atom stereocenters. The maximum atomic E-state index is 13.0. The van der Waals surface area contributed by atoms with E-state index in [4.69, 9.17) is 0 Å². The molecule has 1 amide bonds. The summed E-state index contributed by atoms with van der Waals surface area (Å²) >= 11 is 1.81. The van der Waals surface area contributed by atoms with Crippen molar-refractivity contribution in [2.45, 2.75) is 19.0 Å². The van der Waals surface area contributed by atoms with Gasteiger partial charge in [-0.15, -0.1) is 11.3 Å². The Balaban J connectivity index is 1.53. The molecule has 3 heterocycles.